The maximum absolute atomic E-state index is 4.48. The van der Waals surface area contributed by atoms with Crippen molar-refractivity contribution < 1.29 is 0 Å². The third-order valence-corrected chi connectivity index (χ3v) is 3.43. The van der Waals surface area contributed by atoms with Gasteiger partial charge >= 0.3 is 0 Å². The van der Waals surface area contributed by atoms with Crippen molar-refractivity contribution in [3.8, 4) is 10.7 Å². The van der Waals surface area contributed by atoms with Crippen molar-refractivity contribution in [3.05, 3.63) is 21.5 Å². The van der Waals surface area contributed by atoms with Crippen LogP contribution in [0.5, 0.6) is 0 Å². The molecule has 0 amide bonds. The quantitative estimate of drug-likeness (QED) is 0.871. The second-order valence-corrected chi connectivity index (χ2v) is 4.85. The largest absolute Gasteiger partial charge is 0.314 e. The second kappa shape index (κ2) is 4.16. The van der Waals surface area contributed by atoms with E-state index in [1.165, 1.54) is 0 Å². The van der Waals surface area contributed by atoms with Crippen LogP contribution in [0, 0.1) is 6.92 Å². The zero-order chi connectivity index (χ0) is 9.97. The lowest BCUT2D eigenvalue weighted by Crippen LogP contribution is -2.04. The van der Waals surface area contributed by atoms with E-state index in [1.807, 2.05) is 14.0 Å². The minimum Gasteiger partial charge on any atom is -0.314 e. The van der Waals surface area contributed by atoms with Crippen LogP contribution in [-0.2, 0) is 6.54 Å². The van der Waals surface area contributed by atoms with Gasteiger partial charge in [0, 0.05) is 17.3 Å². The molecule has 0 aliphatic carbocycles. The summed E-state index contributed by atoms with van der Waals surface area (Å²) in [5, 5.41) is 9.31. The van der Waals surface area contributed by atoms with E-state index in [1.54, 1.807) is 22.7 Å². The van der Waals surface area contributed by atoms with Crippen LogP contribution < -0.4 is 5.32 Å². The average molecular weight is 225 g/mol. The van der Waals surface area contributed by atoms with Crippen LogP contribution in [0.4, 0.5) is 0 Å². The molecule has 0 unspecified atom stereocenters. The van der Waals surface area contributed by atoms with Crippen LogP contribution in [0.3, 0.4) is 0 Å². The minimum absolute atomic E-state index is 0.819. The number of rotatable bonds is 3. The number of hydrogen-bond donors (Lipinski definition) is 1. The van der Waals surface area contributed by atoms with E-state index < -0.39 is 0 Å². The minimum atomic E-state index is 0.819. The van der Waals surface area contributed by atoms with Gasteiger partial charge < -0.3 is 5.32 Å². The summed E-state index contributed by atoms with van der Waals surface area (Å²) < 4.78 is 0. The summed E-state index contributed by atoms with van der Waals surface area (Å²) >= 11 is 3.31. The van der Waals surface area contributed by atoms with Gasteiger partial charge in [0.15, 0.2) is 0 Å². The van der Waals surface area contributed by atoms with E-state index in [2.05, 4.69) is 26.0 Å². The van der Waals surface area contributed by atoms with Gasteiger partial charge in [0.25, 0.3) is 0 Å². The van der Waals surface area contributed by atoms with Gasteiger partial charge in [0.05, 0.1) is 10.7 Å². The highest BCUT2D eigenvalue weighted by Gasteiger charge is 2.06. The predicted molar refractivity (Wildman–Crippen MR) is 60.7 cm³/mol. The molecule has 74 valence electrons. The Morgan fingerprint density at radius 3 is 2.79 bits per heavy atom. The maximum atomic E-state index is 4.48. The van der Waals surface area contributed by atoms with E-state index in [9.17, 15) is 0 Å². The Kier molecular flexibility index (Phi) is 2.90. The van der Waals surface area contributed by atoms with E-state index in [4.69, 9.17) is 0 Å². The first kappa shape index (κ1) is 9.76. The number of nitrogens with zero attached hydrogens (tertiary/aromatic N) is 2. The summed E-state index contributed by atoms with van der Waals surface area (Å²) in [6, 6.07) is 0. The first-order valence-electron chi connectivity index (χ1n) is 4.31. The molecule has 0 atom stereocenters. The third-order valence-electron chi connectivity index (χ3n) is 1.75. The van der Waals surface area contributed by atoms with E-state index in [-0.39, 0.29) is 0 Å². The molecule has 0 radical (unpaired) electrons. The van der Waals surface area contributed by atoms with Crippen LogP contribution in [0.15, 0.2) is 10.8 Å². The van der Waals surface area contributed by atoms with E-state index in [0.717, 1.165) is 27.9 Å². The van der Waals surface area contributed by atoms with Crippen molar-refractivity contribution in [2.24, 2.45) is 0 Å². The normalized spacial score (nSPS) is 10.7. The maximum Gasteiger partial charge on any atom is 0.143 e. The van der Waals surface area contributed by atoms with Crippen molar-refractivity contribution >= 4 is 22.7 Å². The van der Waals surface area contributed by atoms with Gasteiger partial charge in [-0.2, -0.15) is 0 Å². The Morgan fingerprint density at radius 1 is 1.29 bits per heavy atom. The molecule has 0 aromatic carbocycles. The Morgan fingerprint density at radius 2 is 2.14 bits per heavy atom. The summed E-state index contributed by atoms with van der Waals surface area (Å²) in [6.07, 6.45) is 0. The fourth-order valence-corrected chi connectivity index (χ4v) is 2.60. The lowest BCUT2D eigenvalue weighted by molar-refractivity contribution is 0.798. The van der Waals surface area contributed by atoms with Gasteiger partial charge in [0.2, 0.25) is 0 Å². The Balaban J connectivity index is 2.24. The molecule has 0 aliphatic heterocycles. The molecule has 2 aromatic rings. The van der Waals surface area contributed by atoms with Crippen LogP contribution in [0.25, 0.3) is 10.7 Å². The molecule has 0 saturated carbocycles. The van der Waals surface area contributed by atoms with Crippen molar-refractivity contribution in [1.82, 2.24) is 15.3 Å². The Labute approximate surface area is 90.9 Å². The lowest BCUT2D eigenvalue weighted by Gasteiger charge is -1.90. The molecule has 2 heterocycles. The molecular formula is C9H11N3S2. The monoisotopic (exact) mass is 225 g/mol. The fraction of sp³-hybridized carbons (Fsp3) is 0.333. The van der Waals surface area contributed by atoms with Gasteiger partial charge in [-0.05, 0) is 14.0 Å². The zero-order valence-corrected chi connectivity index (χ0v) is 9.71. The van der Waals surface area contributed by atoms with Gasteiger partial charge in [-0.15, -0.1) is 22.7 Å². The van der Waals surface area contributed by atoms with Crippen molar-refractivity contribution in [3.63, 3.8) is 0 Å². The number of aromatic nitrogens is 2. The smallest absolute Gasteiger partial charge is 0.143 e. The molecule has 0 fully saturated rings. The first-order chi connectivity index (χ1) is 6.79. The van der Waals surface area contributed by atoms with Gasteiger partial charge in [-0.25, -0.2) is 9.97 Å². The lowest BCUT2D eigenvalue weighted by atomic mass is 10.4. The molecule has 5 heteroatoms. The standard InChI is InChI=1S/C9H11N3S2/c1-6-11-8(5-13-6)9-12-7(3-10-2)4-14-9/h4-5,10H,3H2,1-2H3. The Hall–Kier alpha value is -0.780. The van der Waals surface area contributed by atoms with Gasteiger partial charge in [-0.1, -0.05) is 0 Å². The highest BCUT2D eigenvalue weighted by atomic mass is 32.1. The van der Waals surface area contributed by atoms with Crippen LogP contribution in [-0.4, -0.2) is 17.0 Å². The van der Waals surface area contributed by atoms with Gasteiger partial charge in [0.1, 0.15) is 10.7 Å². The summed E-state index contributed by atoms with van der Waals surface area (Å²) in [5.74, 6) is 0. The predicted octanol–water partition coefficient (Wildman–Crippen LogP) is 2.29. The molecule has 2 rings (SSSR count). The third kappa shape index (κ3) is 2.00. The fourth-order valence-electron chi connectivity index (χ4n) is 1.15. The summed E-state index contributed by atoms with van der Waals surface area (Å²) in [7, 11) is 1.92. The average Bonchev–Trinajstić information content (AvgIpc) is 2.74. The molecule has 3 nitrogen and oxygen atoms in total. The molecule has 0 aliphatic rings. The number of nitrogens with one attached hydrogen (secondary N) is 1. The molecule has 14 heavy (non-hydrogen) atoms. The van der Waals surface area contributed by atoms with E-state index in [0.29, 0.717) is 0 Å². The first-order valence-corrected chi connectivity index (χ1v) is 6.07. The Bertz CT molecular complexity index is 419. The SMILES string of the molecule is CNCc1csc(-c2csc(C)n2)n1. The van der Waals surface area contributed by atoms with Crippen LogP contribution >= 0.6 is 22.7 Å². The van der Waals surface area contributed by atoms with Crippen molar-refractivity contribution in [1.29, 1.82) is 0 Å². The molecular weight excluding hydrogens is 214 g/mol. The number of aryl methyl sites for hydroxylation is 1. The van der Waals surface area contributed by atoms with Crippen LogP contribution in [0.2, 0.25) is 0 Å². The topological polar surface area (TPSA) is 37.8 Å². The highest BCUT2D eigenvalue weighted by Crippen LogP contribution is 2.24. The zero-order valence-electron chi connectivity index (χ0n) is 8.07. The summed E-state index contributed by atoms with van der Waals surface area (Å²) in [5.41, 5.74) is 2.08. The van der Waals surface area contributed by atoms with Gasteiger partial charge in [-0.3, -0.25) is 0 Å². The summed E-state index contributed by atoms with van der Waals surface area (Å²) in [6.45, 7) is 2.83. The summed E-state index contributed by atoms with van der Waals surface area (Å²) in [4.78, 5) is 8.88. The number of thiazole rings is 2. The van der Waals surface area contributed by atoms with Crippen LogP contribution in [0.1, 0.15) is 10.7 Å². The number of hydrogen-bond acceptors (Lipinski definition) is 5. The van der Waals surface area contributed by atoms with Crippen molar-refractivity contribution in [2.75, 3.05) is 7.05 Å². The molecule has 0 bridgehead atoms. The van der Waals surface area contributed by atoms with E-state index >= 15 is 0 Å². The second-order valence-electron chi connectivity index (χ2n) is 2.93. The highest BCUT2D eigenvalue weighted by molar-refractivity contribution is 7.14. The molecule has 0 saturated heterocycles. The van der Waals surface area contributed by atoms with Crippen molar-refractivity contribution in [2.45, 2.75) is 13.5 Å². The molecule has 2 aromatic heterocycles. The molecule has 1 N–H and O–H groups in total. The molecule has 0 spiro atoms.